The standard InChI is InChI=1S/C28H27F2N3O2/c1-17-26(24-11-7-21(30)13-19(24)16-32(17)27(34)28(2,3)4)35-23-10-12-25-18(14-23)15-31-33(25)22-8-5-20(29)6-9-22/h5-15,17,26H,16H2,1-4H3/t17-,26-/m0/s1. The summed E-state index contributed by atoms with van der Waals surface area (Å²) in [5.41, 5.74) is 2.66. The third-order valence-electron chi connectivity index (χ3n) is 6.46. The number of rotatable bonds is 3. The second-order valence-corrected chi connectivity index (χ2v) is 10.1. The second kappa shape index (κ2) is 8.48. The lowest BCUT2D eigenvalue weighted by Gasteiger charge is -2.42. The minimum atomic E-state index is -0.572. The summed E-state index contributed by atoms with van der Waals surface area (Å²) in [6.07, 6.45) is 1.27. The van der Waals surface area contributed by atoms with Crippen LogP contribution in [-0.4, -0.2) is 26.6 Å². The highest BCUT2D eigenvalue weighted by molar-refractivity contribution is 5.83. The van der Waals surface area contributed by atoms with Gasteiger partial charge in [0, 0.05) is 17.3 Å². The molecule has 1 aliphatic heterocycles. The fraction of sp³-hybridized carbons (Fsp3) is 0.286. The first-order chi connectivity index (χ1) is 16.6. The second-order valence-electron chi connectivity index (χ2n) is 10.1. The van der Waals surface area contributed by atoms with Crippen LogP contribution in [0.2, 0.25) is 0 Å². The van der Waals surface area contributed by atoms with Crippen LogP contribution in [0.3, 0.4) is 0 Å². The third kappa shape index (κ3) is 4.27. The summed E-state index contributed by atoms with van der Waals surface area (Å²) in [5.74, 6) is -0.0330. The van der Waals surface area contributed by atoms with E-state index < -0.39 is 11.5 Å². The number of hydrogen-bond donors (Lipinski definition) is 0. The number of fused-ring (bicyclic) bond motifs is 2. The number of halogens is 2. The molecular weight excluding hydrogens is 448 g/mol. The van der Waals surface area contributed by atoms with E-state index >= 15 is 0 Å². The number of benzene rings is 3. The van der Waals surface area contributed by atoms with Gasteiger partial charge in [0.2, 0.25) is 5.91 Å². The highest BCUT2D eigenvalue weighted by atomic mass is 19.1. The smallest absolute Gasteiger partial charge is 0.228 e. The molecule has 0 saturated heterocycles. The number of hydrogen-bond acceptors (Lipinski definition) is 3. The number of amides is 1. The van der Waals surface area contributed by atoms with E-state index in [1.807, 2.05) is 45.9 Å². The molecule has 0 N–H and O–H groups in total. The molecule has 2 heterocycles. The Kier molecular flexibility index (Phi) is 5.58. The van der Waals surface area contributed by atoms with Crippen molar-refractivity contribution < 1.29 is 18.3 Å². The van der Waals surface area contributed by atoms with Crippen molar-refractivity contribution in [1.82, 2.24) is 14.7 Å². The maximum Gasteiger partial charge on any atom is 0.228 e. The summed E-state index contributed by atoms with van der Waals surface area (Å²) < 4.78 is 35.6. The molecule has 2 atom stereocenters. The fourth-order valence-corrected chi connectivity index (χ4v) is 4.61. The van der Waals surface area contributed by atoms with Gasteiger partial charge in [0.05, 0.1) is 23.4 Å². The third-order valence-corrected chi connectivity index (χ3v) is 6.46. The van der Waals surface area contributed by atoms with Crippen LogP contribution >= 0.6 is 0 Å². The average Bonchev–Trinajstić information content (AvgIpc) is 3.23. The van der Waals surface area contributed by atoms with Crippen molar-refractivity contribution in [1.29, 1.82) is 0 Å². The molecule has 0 spiro atoms. The Morgan fingerprint density at radius 1 is 1.00 bits per heavy atom. The van der Waals surface area contributed by atoms with E-state index in [-0.39, 0.29) is 23.6 Å². The van der Waals surface area contributed by atoms with Crippen molar-refractivity contribution in [3.63, 3.8) is 0 Å². The van der Waals surface area contributed by atoms with Gasteiger partial charge < -0.3 is 9.64 Å². The van der Waals surface area contributed by atoms with Gasteiger partial charge in [0.1, 0.15) is 23.5 Å². The molecule has 35 heavy (non-hydrogen) atoms. The molecule has 0 bridgehead atoms. The van der Waals surface area contributed by atoms with E-state index in [2.05, 4.69) is 5.10 Å². The van der Waals surface area contributed by atoms with Crippen LogP contribution in [0.15, 0.2) is 66.9 Å². The number of ether oxygens (including phenoxy) is 1. The van der Waals surface area contributed by atoms with Crippen molar-refractivity contribution in [2.24, 2.45) is 5.41 Å². The van der Waals surface area contributed by atoms with Crippen LogP contribution < -0.4 is 4.74 Å². The summed E-state index contributed by atoms with van der Waals surface area (Å²) >= 11 is 0. The number of aromatic nitrogens is 2. The summed E-state index contributed by atoms with van der Waals surface area (Å²) in [5, 5.41) is 5.31. The zero-order valence-corrected chi connectivity index (χ0v) is 20.1. The van der Waals surface area contributed by atoms with E-state index in [1.54, 1.807) is 34.0 Å². The predicted molar refractivity (Wildman–Crippen MR) is 130 cm³/mol. The van der Waals surface area contributed by atoms with Crippen LogP contribution in [0.5, 0.6) is 5.75 Å². The topological polar surface area (TPSA) is 47.4 Å². The maximum atomic E-state index is 14.1. The van der Waals surface area contributed by atoms with Crippen LogP contribution in [-0.2, 0) is 11.3 Å². The zero-order chi connectivity index (χ0) is 24.9. The van der Waals surface area contributed by atoms with Crippen molar-refractivity contribution in [2.75, 3.05) is 0 Å². The quantitative estimate of drug-likeness (QED) is 0.354. The molecule has 1 aliphatic rings. The summed E-state index contributed by atoms with van der Waals surface area (Å²) in [6.45, 7) is 7.95. The van der Waals surface area contributed by atoms with E-state index in [0.717, 1.165) is 27.7 Å². The first-order valence-corrected chi connectivity index (χ1v) is 11.6. The molecule has 5 rings (SSSR count). The minimum Gasteiger partial charge on any atom is -0.484 e. The molecule has 4 aromatic rings. The molecule has 7 heteroatoms. The van der Waals surface area contributed by atoms with Crippen molar-refractivity contribution in [3.05, 3.63) is 89.6 Å². The molecule has 0 fully saturated rings. The molecule has 0 aliphatic carbocycles. The number of carbonyl (C=O) groups excluding carboxylic acids is 1. The first-order valence-electron chi connectivity index (χ1n) is 11.6. The molecule has 3 aromatic carbocycles. The van der Waals surface area contributed by atoms with E-state index in [4.69, 9.17) is 4.74 Å². The fourth-order valence-electron chi connectivity index (χ4n) is 4.61. The van der Waals surface area contributed by atoms with E-state index in [1.165, 1.54) is 24.3 Å². The average molecular weight is 476 g/mol. The highest BCUT2D eigenvalue weighted by Gasteiger charge is 2.40. The molecule has 180 valence electrons. The zero-order valence-electron chi connectivity index (χ0n) is 20.1. The van der Waals surface area contributed by atoms with Gasteiger partial charge >= 0.3 is 0 Å². The van der Waals surface area contributed by atoms with Crippen LogP contribution in [0.1, 0.15) is 44.9 Å². The number of carbonyl (C=O) groups is 1. The van der Waals surface area contributed by atoms with Gasteiger partial charge in [-0.25, -0.2) is 13.5 Å². The Morgan fingerprint density at radius 3 is 2.43 bits per heavy atom. The van der Waals surface area contributed by atoms with Gasteiger partial charge in [0.15, 0.2) is 0 Å². The molecule has 5 nitrogen and oxygen atoms in total. The molecular formula is C28H27F2N3O2. The Morgan fingerprint density at radius 2 is 1.71 bits per heavy atom. The molecule has 0 unspecified atom stereocenters. The maximum absolute atomic E-state index is 14.1. The Labute approximate surface area is 202 Å². The van der Waals surface area contributed by atoms with Gasteiger partial charge in [0.25, 0.3) is 0 Å². The highest BCUT2D eigenvalue weighted by Crippen LogP contribution is 2.38. The largest absolute Gasteiger partial charge is 0.484 e. The van der Waals surface area contributed by atoms with Crippen molar-refractivity contribution >= 4 is 16.8 Å². The predicted octanol–water partition coefficient (Wildman–Crippen LogP) is 6.20. The monoisotopic (exact) mass is 475 g/mol. The van der Waals surface area contributed by atoms with Gasteiger partial charge in [-0.3, -0.25) is 4.79 Å². The number of nitrogens with zero attached hydrogens (tertiary/aromatic N) is 3. The lowest BCUT2D eigenvalue weighted by Crippen LogP contribution is -2.50. The van der Waals surface area contributed by atoms with Gasteiger partial charge in [-0.1, -0.05) is 26.8 Å². The molecule has 1 aromatic heterocycles. The first kappa shape index (κ1) is 23.0. The Bertz CT molecular complexity index is 1410. The Balaban J connectivity index is 1.49. The SMILES string of the molecule is C[C@H]1[C@H](Oc2ccc3c(cnn3-c3ccc(F)cc3)c2)c2ccc(F)cc2CN1C(=O)C(C)(C)C. The summed E-state index contributed by atoms with van der Waals surface area (Å²) in [7, 11) is 0. The summed E-state index contributed by atoms with van der Waals surface area (Å²) in [6, 6.07) is 16.2. The van der Waals surface area contributed by atoms with Crippen LogP contribution in [0, 0.1) is 17.0 Å². The van der Waals surface area contributed by atoms with E-state index in [9.17, 15) is 13.6 Å². The van der Waals surface area contributed by atoms with E-state index in [0.29, 0.717) is 12.3 Å². The van der Waals surface area contributed by atoms with Crippen LogP contribution in [0.25, 0.3) is 16.6 Å². The lowest BCUT2D eigenvalue weighted by atomic mass is 9.87. The van der Waals surface area contributed by atoms with Gasteiger partial charge in [-0.05, 0) is 72.6 Å². The van der Waals surface area contributed by atoms with Crippen molar-refractivity contribution in [2.45, 2.75) is 46.4 Å². The molecule has 1 amide bonds. The Hall–Kier alpha value is -3.74. The van der Waals surface area contributed by atoms with Crippen molar-refractivity contribution in [3.8, 4) is 11.4 Å². The minimum absolute atomic E-state index is 0.00969. The summed E-state index contributed by atoms with van der Waals surface area (Å²) in [4.78, 5) is 15.0. The van der Waals surface area contributed by atoms with Gasteiger partial charge in [-0.15, -0.1) is 0 Å². The van der Waals surface area contributed by atoms with Gasteiger partial charge in [-0.2, -0.15) is 5.10 Å². The molecule has 0 radical (unpaired) electrons. The normalized spacial score (nSPS) is 17.9. The molecule has 0 saturated carbocycles. The lowest BCUT2D eigenvalue weighted by molar-refractivity contribution is -0.145. The van der Waals surface area contributed by atoms with Crippen LogP contribution in [0.4, 0.5) is 8.78 Å².